The number of aryl methyl sites for hydroxylation is 1. The molecule has 21 heavy (non-hydrogen) atoms. The Bertz CT molecular complexity index is 451. The molecule has 0 radical (unpaired) electrons. The van der Waals surface area contributed by atoms with Gasteiger partial charge < -0.3 is 4.74 Å². The van der Waals surface area contributed by atoms with Crippen molar-refractivity contribution in [3.05, 3.63) is 5.82 Å². The van der Waals surface area contributed by atoms with Gasteiger partial charge in [0, 0.05) is 11.8 Å². The third kappa shape index (κ3) is 6.32. The maximum atomic E-state index is 12.0. The van der Waals surface area contributed by atoms with Crippen LogP contribution in [0.1, 0.15) is 45.9 Å². The molecule has 1 atom stereocenters. The zero-order chi connectivity index (χ0) is 15.9. The van der Waals surface area contributed by atoms with Crippen molar-refractivity contribution in [2.45, 2.75) is 62.9 Å². The summed E-state index contributed by atoms with van der Waals surface area (Å²) in [5, 5.41) is 3.32. The molecule has 0 spiro atoms. The van der Waals surface area contributed by atoms with Crippen molar-refractivity contribution in [2.75, 3.05) is 12.9 Å². The molecular formula is C14H25N3O2S2. The van der Waals surface area contributed by atoms with E-state index in [1.54, 1.807) is 11.8 Å². The molecule has 1 heterocycles. The quantitative estimate of drug-likeness (QED) is 0.426. The van der Waals surface area contributed by atoms with Gasteiger partial charge in [-0.25, -0.2) is 4.98 Å². The largest absolute Gasteiger partial charge is 0.468 e. The topological polar surface area (TPSA) is 64.1 Å². The third-order valence-corrected chi connectivity index (χ3v) is 5.06. The van der Waals surface area contributed by atoms with Crippen LogP contribution in [0.5, 0.6) is 0 Å². The van der Waals surface area contributed by atoms with Crippen molar-refractivity contribution in [3.8, 4) is 0 Å². The minimum atomic E-state index is -0.604. The van der Waals surface area contributed by atoms with Crippen LogP contribution < -0.4 is 5.32 Å². The Morgan fingerprint density at radius 2 is 2.19 bits per heavy atom. The molecule has 1 N–H and O–H groups in total. The Hall–Kier alpha value is -0.660. The summed E-state index contributed by atoms with van der Waals surface area (Å²) in [5.74, 6) is 1.64. The van der Waals surface area contributed by atoms with E-state index in [0.29, 0.717) is 0 Å². The number of methoxy groups -OCH3 is 1. The lowest BCUT2D eigenvalue weighted by Gasteiger charge is -2.30. The summed E-state index contributed by atoms with van der Waals surface area (Å²) in [5.41, 5.74) is -0.604. The average molecular weight is 332 g/mol. The number of aromatic nitrogens is 2. The summed E-state index contributed by atoms with van der Waals surface area (Å²) >= 11 is 3.17. The number of carbonyl (C=O) groups is 1. The number of thioether (sulfide) groups is 1. The number of hydrogen-bond donors (Lipinski definition) is 1. The van der Waals surface area contributed by atoms with E-state index in [9.17, 15) is 4.79 Å². The van der Waals surface area contributed by atoms with Crippen molar-refractivity contribution in [1.82, 2.24) is 14.7 Å². The molecule has 0 aliphatic rings. The number of ether oxygens (including phenoxy) is 1. The van der Waals surface area contributed by atoms with Crippen LogP contribution in [0.15, 0.2) is 4.34 Å². The van der Waals surface area contributed by atoms with Gasteiger partial charge in [-0.05, 0) is 52.1 Å². The van der Waals surface area contributed by atoms with Gasteiger partial charge in [-0.2, -0.15) is 4.37 Å². The highest BCUT2D eigenvalue weighted by atomic mass is 32.2. The van der Waals surface area contributed by atoms with E-state index in [1.165, 1.54) is 18.6 Å². The molecular weight excluding hydrogens is 306 g/mol. The highest BCUT2D eigenvalue weighted by Crippen LogP contribution is 2.23. The molecule has 1 rings (SSSR count). The van der Waals surface area contributed by atoms with E-state index >= 15 is 0 Å². The van der Waals surface area contributed by atoms with E-state index < -0.39 is 5.54 Å². The summed E-state index contributed by atoms with van der Waals surface area (Å²) in [6, 6.07) is 0.243. The zero-order valence-corrected chi connectivity index (χ0v) is 15.1. The highest BCUT2D eigenvalue weighted by molar-refractivity contribution is 8.00. The first kappa shape index (κ1) is 18.4. The van der Waals surface area contributed by atoms with Gasteiger partial charge in [0.2, 0.25) is 0 Å². The summed E-state index contributed by atoms with van der Waals surface area (Å²) in [6.07, 6.45) is 2.78. The molecule has 0 amide bonds. The lowest BCUT2D eigenvalue weighted by molar-refractivity contribution is -0.148. The van der Waals surface area contributed by atoms with Crippen molar-refractivity contribution in [3.63, 3.8) is 0 Å². The van der Waals surface area contributed by atoms with E-state index in [1.807, 2.05) is 27.7 Å². The number of esters is 1. The molecule has 0 aliphatic carbocycles. The molecule has 0 aliphatic heterocycles. The van der Waals surface area contributed by atoms with Gasteiger partial charge in [-0.1, -0.05) is 18.2 Å². The second kappa shape index (κ2) is 8.70. The molecule has 120 valence electrons. The molecule has 1 aromatic rings. The highest BCUT2D eigenvalue weighted by Gasteiger charge is 2.33. The second-order valence-corrected chi connectivity index (χ2v) is 7.63. The lowest BCUT2D eigenvalue weighted by atomic mass is 9.94. The molecule has 7 heteroatoms. The van der Waals surface area contributed by atoms with Gasteiger partial charge in [0.05, 0.1) is 7.11 Å². The third-order valence-electron chi connectivity index (χ3n) is 3.05. The van der Waals surface area contributed by atoms with Gasteiger partial charge in [0.25, 0.3) is 0 Å². The first-order valence-corrected chi connectivity index (χ1v) is 8.92. The van der Waals surface area contributed by atoms with Crippen LogP contribution in [0.25, 0.3) is 0 Å². The molecule has 1 unspecified atom stereocenters. The van der Waals surface area contributed by atoms with Crippen LogP contribution in [0.4, 0.5) is 0 Å². The number of unbranched alkanes of at least 4 members (excludes halogenated alkanes) is 1. The Morgan fingerprint density at radius 1 is 1.48 bits per heavy atom. The van der Waals surface area contributed by atoms with Crippen LogP contribution in [-0.2, 0) is 9.53 Å². The van der Waals surface area contributed by atoms with Gasteiger partial charge in [0.15, 0.2) is 4.34 Å². The van der Waals surface area contributed by atoms with Crippen LogP contribution in [0.2, 0.25) is 0 Å². The van der Waals surface area contributed by atoms with Gasteiger partial charge in [0.1, 0.15) is 11.4 Å². The van der Waals surface area contributed by atoms with Crippen LogP contribution in [0, 0.1) is 6.92 Å². The van der Waals surface area contributed by atoms with Crippen LogP contribution in [0.3, 0.4) is 0 Å². The summed E-state index contributed by atoms with van der Waals surface area (Å²) in [6.45, 7) is 7.89. The van der Waals surface area contributed by atoms with Crippen molar-refractivity contribution < 1.29 is 9.53 Å². The number of hydrogen-bond acceptors (Lipinski definition) is 7. The Labute approximate surface area is 135 Å². The first-order valence-electron chi connectivity index (χ1n) is 7.16. The molecule has 5 nitrogen and oxygen atoms in total. The number of nitrogens with zero attached hydrogens (tertiary/aromatic N) is 2. The van der Waals surface area contributed by atoms with E-state index in [4.69, 9.17) is 4.74 Å². The Kier molecular flexibility index (Phi) is 7.62. The van der Waals surface area contributed by atoms with E-state index in [-0.39, 0.29) is 12.0 Å². The maximum Gasteiger partial charge on any atom is 0.325 e. The fraction of sp³-hybridized carbons (Fsp3) is 0.786. The molecule has 1 aromatic heterocycles. The van der Waals surface area contributed by atoms with Crippen molar-refractivity contribution in [1.29, 1.82) is 0 Å². The summed E-state index contributed by atoms with van der Waals surface area (Å²) in [7, 11) is 1.44. The van der Waals surface area contributed by atoms with Gasteiger partial charge in [-0.3, -0.25) is 10.1 Å². The SMILES string of the molecule is COC(=O)C(C)(CCCCSc1nc(C)ns1)NC(C)C. The molecule has 0 saturated heterocycles. The summed E-state index contributed by atoms with van der Waals surface area (Å²) in [4.78, 5) is 16.3. The number of carbonyl (C=O) groups excluding carboxylic acids is 1. The minimum Gasteiger partial charge on any atom is -0.468 e. The fourth-order valence-corrected chi connectivity index (χ4v) is 3.89. The average Bonchev–Trinajstić information content (AvgIpc) is 2.82. The Balaban J connectivity index is 2.34. The normalized spacial score (nSPS) is 14.2. The zero-order valence-electron chi connectivity index (χ0n) is 13.4. The molecule has 0 saturated carbocycles. The predicted molar refractivity (Wildman–Crippen MR) is 87.9 cm³/mol. The van der Waals surface area contributed by atoms with Gasteiger partial charge in [-0.15, -0.1) is 0 Å². The monoisotopic (exact) mass is 331 g/mol. The van der Waals surface area contributed by atoms with Crippen molar-refractivity contribution in [2.24, 2.45) is 0 Å². The predicted octanol–water partition coefficient (Wildman–Crippen LogP) is 3.04. The van der Waals surface area contributed by atoms with E-state index in [2.05, 4.69) is 14.7 Å². The van der Waals surface area contributed by atoms with E-state index in [0.717, 1.165) is 35.2 Å². The van der Waals surface area contributed by atoms with Crippen molar-refractivity contribution >= 4 is 29.3 Å². The van der Waals surface area contributed by atoms with Crippen LogP contribution >= 0.6 is 23.3 Å². The first-order chi connectivity index (χ1) is 9.87. The van der Waals surface area contributed by atoms with Gasteiger partial charge >= 0.3 is 5.97 Å². The smallest absolute Gasteiger partial charge is 0.325 e. The second-order valence-electron chi connectivity index (χ2n) is 5.54. The van der Waals surface area contributed by atoms with Crippen LogP contribution in [-0.4, -0.2) is 39.8 Å². The molecule has 0 fully saturated rings. The molecule has 0 bridgehead atoms. The maximum absolute atomic E-state index is 12.0. The molecule has 0 aromatic carbocycles. The standard InChI is InChI=1S/C14H25N3O2S2/c1-10(2)16-14(4,12(18)19-5)8-6-7-9-20-13-15-11(3)17-21-13/h10,16H,6-9H2,1-5H3. The lowest BCUT2D eigenvalue weighted by Crippen LogP contribution is -2.52. The Morgan fingerprint density at radius 3 is 2.71 bits per heavy atom. The summed E-state index contributed by atoms with van der Waals surface area (Å²) < 4.78 is 10.1. The number of nitrogens with one attached hydrogen (secondary N) is 1. The minimum absolute atomic E-state index is 0.191. The fourth-order valence-electron chi connectivity index (χ4n) is 2.17. The number of rotatable bonds is 9.